The minimum atomic E-state index is -3.87. The first-order chi connectivity index (χ1) is 18.1. The van der Waals surface area contributed by atoms with Crippen LogP contribution in [0.1, 0.15) is 18.1 Å². The number of carbonyl (C=O) groups excluding carboxylic acids is 2. The van der Waals surface area contributed by atoms with Crippen molar-refractivity contribution >= 4 is 27.5 Å². The molecular weight excluding hydrogens is 509 g/mol. The van der Waals surface area contributed by atoms with Crippen molar-refractivity contribution in [2.75, 3.05) is 30.8 Å². The van der Waals surface area contributed by atoms with Crippen LogP contribution < -0.4 is 14.4 Å². The van der Waals surface area contributed by atoms with Crippen LogP contribution in [0.2, 0.25) is 0 Å². The lowest BCUT2D eigenvalue weighted by Gasteiger charge is -2.33. The smallest absolute Gasteiger partial charge is 0.244 e. The molecule has 1 N–H and O–H groups in total. The minimum absolute atomic E-state index is 0.0229. The van der Waals surface area contributed by atoms with Crippen LogP contribution >= 0.6 is 0 Å². The second-order valence-electron chi connectivity index (χ2n) is 8.66. The van der Waals surface area contributed by atoms with Gasteiger partial charge in [-0.3, -0.25) is 13.9 Å². The molecule has 1 atom stereocenters. The van der Waals surface area contributed by atoms with Gasteiger partial charge in [0, 0.05) is 20.0 Å². The van der Waals surface area contributed by atoms with E-state index in [0.717, 1.165) is 16.1 Å². The normalized spacial score (nSPS) is 11.9. The van der Waals surface area contributed by atoms with Crippen molar-refractivity contribution in [1.82, 2.24) is 10.2 Å². The molecule has 0 spiro atoms. The van der Waals surface area contributed by atoms with Crippen LogP contribution in [0.3, 0.4) is 0 Å². The number of halogens is 1. The lowest BCUT2D eigenvalue weighted by atomic mass is 10.0. The van der Waals surface area contributed by atoms with Crippen molar-refractivity contribution in [1.29, 1.82) is 0 Å². The largest absolute Gasteiger partial charge is 0.494 e. The molecule has 10 heteroatoms. The molecule has 0 saturated carbocycles. The number of sulfonamides is 1. The maximum Gasteiger partial charge on any atom is 0.244 e. The van der Waals surface area contributed by atoms with Crippen LogP contribution in [0.15, 0.2) is 78.9 Å². The zero-order valence-corrected chi connectivity index (χ0v) is 22.4. The highest BCUT2D eigenvalue weighted by Gasteiger charge is 2.32. The molecule has 0 bridgehead atoms. The standard InChI is InChI=1S/C28H32FN3O5S/c1-4-37-25-16-14-24(15-17-25)32(38(3,35)36)20-27(33)31(19-22-10-12-23(29)13-11-22)26(28(34)30-2)18-21-8-6-5-7-9-21/h5-17,26H,4,18-20H2,1-3H3,(H,30,34)/t26-/m0/s1. The molecule has 8 nitrogen and oxygen atoms in total. The van der Waals surface area contributed by atoms with E-state index in [1.807, 2.05) is 37.3 Å². The van der Waals surface area contributed by atoms with E-state index in [1.54, 1.807) is 24.3 Å². The Morgan fingerprint density at radius 2 is 1.58 bits per heavy atom. The van der Waals surface area contributed by atoms with Gasteiger partial charge < -0.3 is 15.0 Å². The molecule has 2 amide bonds. The predicted octanol–water partition coefficient (Wildman–Crippen LogP) is 3.38. The Hall–Kier alpha value is -3.92. The van der Waals surface area contributed by atoms with Gasteiger partial charge >= 0.3 is 0 Å². The molecule has 0 heterocycles. The fourth-order valence-electron chi connectivity index (χ4n) is 4.00. The summed E-state index contributed by atoms with van der Waals surface area (Å²) in [5, 5.41) is 2.61. The fourth-order valence-corrected chi connectivity index (χ4v) is 4.85. The van der Waals surface area contributed by atoms with Gasteiger partial charge in [0.15, 0.2) is 0 Å². The molecule has 0 fully saturated rings. The minimum Gasteiger partial charge on any atom is -0.494 e. The molecule has 0 aliphatic rings. The van der Waals surface area contributed by atoms with Crippen LogP contribution in [-0.4, -0.2) is 57.6 Å². The Morgan fingerprint density at radius 3 is 2.13 bits per heavy atom. The summed E-state index contributed by atoms with van der Waals surface area (Å²) < 4.78 is 45.5. The highest BCUT2D eigenvalue weighted by atomic mass is 32.2. The highest BCUT2D eigenvalue weighted by Crippen LogP contribution is 2.23. The Balaban J connectivity index is 1.99. The van der Waals surface area contributed by atoms with Crippen molar-refractivity contribution in [3.63, 3.8) is 0 Å². The van der Waals surface area contributed by atoms with Crippen LogP contribution in [0.4, 0.5) is 10.1 Å². The van der Waals surface area contributed by atoms with E-state index in [2.05, 4.69) is 5.32 Å². The summed E-state index contributed by atoms with van der Waals surface area (Å²) in [7, 11) is -2.39. The lowest BCUT2D eigenvalue weighted by Crippen LogP contribution is -2.52. The van der Waals surface area contributed by atoms with Crippen LogP contribution in [0.5, 0.6) is 5.75 Å². The third-order valence-corrected chi connectivity index (χ3v) is 7.04. The Kier molecular flexibility index (Phi) is 9.84. The molecular formula is C28H32FN3O5S. The third kappa shape index (κ3) is 7.79. The van der Waals surface area contributed by atoms with Crippen LogP contribution in [0, 0.1) is 5.82 Å². The number of nitrogens with one attached hydrogen (secondary N) is 1. The van der Waals surface area contributed by atoms with Gasteiger partial charge in [-0.15, -0.1) is 0 Å². The summed E-state index contributed by atoms with van der Waals surface area (Å²) in [6, 6.07) is 20.2. The van der Waals surface area contributed by atoms with E-state index in [1.165, 1.54) is 36.2 Å². The quantitative estimate of drug-likeness (QED) is 0.379. The molecule has 0 saturated heterocycles. The molecule has 3 aromatic carbocycles. The number of hydrogen-bond donors (Lipinski definition) is 1. The predicted molar refractivity (Wildman–Crippen MR) is 145 cm³/mol. The highest BCUT2D eigenvalue weighted by molar-refractivity contribution is 7.92. The van der Waals surface area contributed by atoms with Crippen molar-refractivity contribution in [3.8, 4) is 5.75 Å². The van der Waals surface area contributed by atoms with E-state index in [-0.39, 0.29) is 18.7 Å². The topological polar surface area (TPSA) is 96.0 Å². The summed E-state index contributed by atoms with van der Waals surface area (Å²) in [6.45, 7) is 1.73. The number of hydrogen-bond acceptors (Lipinski definition) is 5. The summed E-state index contributed by atoms with van der Waals surface area (Å²) in [6.07, 6.45) is 1.22. The van der Waals surface area contributed by atoms with Crippen LogP contribution in [-0.2, 0) is 32.6 Å². The molecule has 0 radical (unpaired) electrons. The Labute approximate surface area is 223 Å². The number of anilines is 1. The van der Waals surface area contributed by atoms with Gasteiger partial charge in [-0.05, 0) is 54.4 Å². The number of benzene rings is 3. The van der Waals surface area contributed by atoms with E-state index >= 15 is 0 Å². The molecule has 0 unspecified atom stereocenters. The Bertz CT molecular complexity index is 1320. The maximum atomic E-state index is 13.8. The monoisotopic (exact) mass is 541 g/mol. The van der Waals surface area contributed by atoms with Gasteiger partial charge in [0.05, 0.1) is 18.6 Å². The van der Waals surface area contributed by atoms with Gasteiger partial charge in [0.1, 0.15) is 24.2 Å². The second-order valence-corrected chi connectivity index (χ2v) is 10.6. The zero-order valence-electron chi connectivity index (χ0n) is 21.6. The molecule has 0 aromatic heterocycles. The first-order valence-electron chi connectivity index (χ1n) is 12.1. The lowest BCUT2D eigenvalue weighted by molar-refractivity contribution is -0.139. The van der Waals surface area contributed by atoms with Gasteiger partial charge in [-0.1, -0.05) is 42.5 Å². The first kappa shape index (κ1) is 28.6. The zero-order chi connectivity index (χ0) is 27.7. The summed E-state index contributed by atoms with van der Waals surface area (Å²) in [5.74, 6) is -0.858. The summed E-state index contributed by atoms with van der Waals surface area (Å²) in [5.41, 5.74) is 1.70. The van der Waals surface area contributed by atoms with E-state index in [4.69, 9.17) is 4.74 Å². The molecule has 38 heavy (non-hydrogen) atoms. The average Bonchev–Trinajstić information content (AvgIpc) is 2.90. The van der Waals surface area contributed by atoms with Crippen molar-refractivity contribution in [2.24, 2.45) is 0 Å². The van der Waals surface area contributed by atoms with Crippen LogP contribution in [0.25, 0.3) is 0 Å². The molecule has 3 rings (SSSR count). The molecule has 0 aliphatic carbocycles. The van der Waals surface area contributed by atoms with Gasteiger partial charge in [-0.2, -0.15) is 0 Å². The van der Waals surface area contributed by atoms with Crippen molar-refractivity contribution in [3.05, 3.63) is 95.8 Å². The Morgan fingerprint density at radius 1 is 0.947 bits per heavy atom. The number of likely N-dealkylation sites (N-methyl/N-ethyl adjacent to an activating group) is 1. The molecule has 0 aliphatic heterocycles. The van der Waals surface area contributed by atoms with E-state index in [0.29, 0.717) is 17.9 Å². The van der Waals surface area contributed by atoms with Gasteiger partial charge in [0.2, 0.25) is 21.8 Å². The molecule has 3 aromatic rings. The third-order valence-electron chi connectivity index (χ3n) is 5.90. The maximum absolute atomic E-state index is 13.8. The van der Waals surface area contributed by atoms with Gasteiger partial charge in [0.25, 0.3) is 0 Å². The summed E-state index contributed by atoms with van der Waals surface area (Å²) >= 11 is 0. The van der Waals surface area contributed by atoms with Crippen molar-refractivity contribution in [2.45, 2.75) is 25.9 Å². The summed E-state index contributed by atoms with van der Waals surface area (Å²) in [4.78, 5) is 28.2. The number of carbonyl (C=O) groups is 2. The number of ether oxygens (including phenoxy) is 1. The SMILES string of the molecule is CCOc1ccc(N(CC(=O)N(Cc2ccc(F)cc2)[C@@H](Cc2ccccc2)C(=O)NC)S(C)(=O)=O)cc1. The first-order valence-corrected chi connectivity index (χ1v) is 14.0. The fraction of sp³-hybridized carbons (Fsp3) is 0.286. The number of rotatable bonds is 12. The van der Waals surface area contributed by atoms with E-state index in [9.17, 15) is 22.4 Å². The van der Waals surface area contributed by atoms with E-state index < -0.39 is 40.2 Å². The number of amides is 2. The van der Waals surface area contributed by atoms with Gasteiger partial charge in [-0.25, -0.2) is 12.8 Å². The number of nitrogens with zero attached hydrogens (tertiary/aromatic N) is 2. The average molecular weight is 542 g/mol. The molecule has 202 valence electrons. The second kappa shape index (κ2) is 13.0. The van der Waals surface area contributed by atoms with Crippen molar-refractivity contribution < 1.29 is 27.1 Å².